The molecule has 2 atom stereocenters. The highest BCUT2D eigenvalue weighted by Crippen LogP contribution is 2.57. The molecule has 0 aliphatic carbocycles. The Morgan fingerprint density at radius 2 is 2.12 bits per heavy atom. The van der Waals surface area contributed by atoms with Gasteiger partial charge in [0.2, 0.25) is 0 Å². The van der Waals surface area contributed by atoms with Gasteiger partial charge in [0, 0.05) is 23.0 Å². The first-order valence-corrected chi connectivity index (χ1v) is 9.33. The number of rotatable bonds is 2. The minimum atomic E-state index is -0.340. The predicted molar refractivity (Wildman–Crippen MR) is 104 cm³/mol. The van der Waals surface area contributed by atoms with Crippen molar-refractivity contribution in [2.75, 3.05) is 13.1 Å². The van der Waals surface area contributed by atoms with E-state index < -0.39 is 0 Å². The molecule has 0 radical (unpaired) electrons. The summed E-state index contributed by atoms with van der Waals surface area (Å²) < 4.78 is 2.16. The maximum atomic E-state index is 12.3. The van der Waals surface area contributed by atoms with Crippen LogP contribution in [0.1, 0.15) is 43.5 Å². The Hall–Kier alpha value is -1.29. The molecule has 0 bridgehead atoms. The van der Waals surface area contributed by atoms with Crippen LogP contribution in [0.2, 0.25) is 0 Å². The Kier molecular flexibility index (Phi) is 4.02. The van der Waals surface area contributed by atoms with E-state index in [2.05, 4.69) is 40.7 Å². The predicted octanol–water partition coefficient (Wildman–Crippen LogP) is 4.77. The number of fused-ring (bicyclic) bond motifs is 3. The van der Waals surface area contributed by atoms with Crippen molar-refractivity contribution >= 4 is 45.9 Å². The van der Waals surface area contributed by atoms with Crippen LogP contribution < -0.4 is 0 Å². The Bertz CT molecular complexity index is 900. The van der Waals surface area contributed by atoms with Crippen molar-refractivity contribution in [1.29, 1.82) is 0 Å². The van der Waals surface area contributed by atoms with Gasteiger partial charge < -0.3 is 4.57 Å². The fourth-order valence-corrected chi connectivity index (χ4v) is 5.56. The Balaban J connectivity index is 0.00000157. The summed E-state index contributed by atoms with van der Waals surface area (Å²) >= 11 is 6.06. The van der Waals surface area contributed by atoms with Gasteiger partial charge in [-0.05, 0) is 61.5 Å². The number of carbonyl (C=O) groups is 1. The fraction of sp³-hybridized carbons (Fsp3) is 0.450. The smallest absolute Gasteiger partial charge is 0.268 e. The van der Waals surface area contributed by atoms with Crippen LogP contribution in [0.3, 0.4) is 0 Å². The Morgan fingerprint density at radius 1 is 1.32 bits per heavy atom. The molecule has 3 aliphatic heterocycles. The van der Waals surface area contributed by atoms with Crippen molar-refractivity contribution in [1.82, 2.24) is 9.47 Å². The van der Waals surface area contributed by atoms with E-state index in [0.717, 1.165) is 37.9 Å². The molecule has 5 rings (SSSR count). The second-order valence-corrected chi connectivity index (χ2v) is 7.74. The van der Waals surface area contributed by atoms with E-state index >= 15 is 0 Å². The van der Waals surface area contributed by atoms with E-state index in [1.807, 2.05) is 6.07 Å². The summed E-state index contributed by atoms with van der Waals surface area (Å²) in [6, 6.07) is 8.84. The van der Waals surface area contributed by atoms with Crippen LogP contribution in [-0.2, 0) is 11.2 Å². The van der Waals surface area contributed by atoms with Crippen molar-refractivity contribution in [2.24, 2.45) is 5.41 Å². The molecule has 4 heterocycles. The monoisotopic (exact) mass is 376 g/mol. The van der Waals surface area contributed by atoms with Crippen LogP contribution in [0.4, 0.5) is 0 Å². The molecule has 0 unspecified atom stereocenters. The van der Waals surface area contributed by atoms with Crippen LogP contribution in [-0.4, -0.2) is 27.8 Å². The van der Waals surface area contributed by atoms with Gasteiger partial charge >= 0.3 is 0 Å². The van der Waals surface area contributed by atoms with E-state index in [0.29, 0.717) is 11.7 Å². The third kappa shape index (κ3) is 2.12. The summed E-state index contributed by atoms with van der Waals surface area (Å²) in [5.74, 6) is 0. The summed E-state index contributed by atoms with van der Waals surface area (Å²) in [5, 5.41) is 0.945. The third-order valence-corrected chi connectivity index (χ3v) is 6.64. The summed E-state index contributed by atoms with van der Waals surface area (Å²) in [7, 11) is 0. The molecule has 5 heteroatoms. The van der Waals surface area contributed by atoms with Crippen molar-refractivity contribution in [3.8, 4) is 0 Å². The van der Waals surface area contributed by atoms with Crippen molar-refractivity contribution in [2.45, 2.75) is 38.6 Å². The zero-order valence-corrected chi connectivity index (χ0v) is 15.9. The van der Waals surface area contributed by atoms with Crippen LogP contribution in [0.25, 0.3) is 16.6 Å². The number of hydrogen-bond donors (Lipinski definition) is 0. The van der Waals surface area contributed by atoms with E-state index in [-0.39, 0.29) is 23.1 Å². The molecule has 132 valence electrons. The van der Waals surface area contributed by atoms with Crippen molar-refractivity contribution < 1.29 is 4.79 Å². The molecule has 0 spiro atoms. The van der Waals surface area contributed by atoms with Gasteiger partial charge in [-0.25, -0.2) is 0 Å². The maximum Gasteiger partial charge on any atom is 0.268 e. The number of hydrogen-bond acceptors (Lipinski definition) is 2. The summed E-state index contributed by atoms with van der Waals surface area (Å²) in [4.78, 5) is 14.9. The van der Waals surface area contributed by atoms with Gasteiger partial charge in [0.15, 0.2) is 0 Å². The molecule has 1 aromatic heterocycles. The number of benzene rings is 1. The van der Waals surface area contributed by atoms with E-state index in [1.54, 1.807) is 0 Å². The molecule has 1 saturated heterocycles. The molecule has 0 N–H and O–H groups in total. The van der Waals surface area contributed by atoms with E-state index in [4.69, 9.17) is 11.6 Å². The lowest BCUT2D eigenvalue weighted by Gasteiger charge is -2.53. The van der Waals surface area contributed by atoms with Crippen LogP contribution in [0.15, 0.2) is 30.3 Å². The number of piperidine rings is 1. The molecular weight excluding hydrogens is 355 g/mol. The molecule has 1 fully saturated rings. The highest BCUT2D eigenvalue weighted by Gasteiger charge is 2.50. The number of nitrogens with zero attached hydrogens (tertiary/aromatic N) is 2. The Morgan fingerprint density at radius 3 is 2.88 bits per heavy atom. The van der Waals surface area contributed by atoms with Crippen molar-refractivity contribution in [3.05, 3.63) is 41.6 Å². The normalized spacial score (nSPS) is 27.4. The van der Waals surface area contributed by atoms with Crippen LogP contribution in [0.5, 0.6) is 0 Å². The third-order valence-electron chi connectivity index (χ3n) is 6.45. The first-order chi connectivity index (χ1) is 11.7. The highest BCUT2D eigenvalue weighted by molar-refractivity contribution is 6.73. The zero-order valence-electron chi connectivity index (χ0n) is 14.3. The SMILES string of the molecule is CC[C@]12C=C(C(=O)Cl)n3c4c(c5ccccc53)CCN(CCC1)[C@@H]42.Cl. The second-order valence-electron chi connectivity index (χ2n) is 7.40. The minimum absolute atomic E-state index is 0. The number of carbonyl (C=O) groups excluding carboxylic acids is 1. The topological polar surface area (TPSA) is 25.2 Å². The second kappa shape index (κ2) is 5.87. The molecule has 3 nitrogen and oxygen atoms in total. The summed E-state index contributed by atoms with van der Waals surface area (Å²) in [6.45, 7) is 4.53. The standard InChI is InChI=1S/C20H21ClN2O.ClH/c1-2-20-9-5-10-22-11-8-14-13-6-3-4-7-15(13)23(17(14)18(20)22)16(12-20)19(21)24;/h3-4,6-7,12,18H,2,5,8-11H2,1H3;1H/t18-,20+;/m0./s1. The summed E-state index contributed by atoms with van der Waals surface area (Å²) in [5.41, 5.74) is 4.58. The average Bonchev–Trinajstić information content (AvgIpc) is 2.95. The molecule has 0 saturated carbocycles. The van der Waals surface area contributed by atoms with Gasteiger partial charge in [-0.3, -0.25) is 9.69 Å². The first-order valence-electron chi connectivity index (χ1n) is 8.95. The number of para-hydroxylation sites is 1. The van der Waals surface area contributed by atoms with Crippen LogP contribution >= 0.6 is 24.0 Å². The van der Waals surface area contributed by atoms with Crippen LogP contribution in [0, 0.1) is 5.41 Å². The molecule has 1 aromatic carbocycles. The van der Waals surface area contributed by atoms with E-state index in [9.17, 15) is 4.79 Å². The van der Waals surface area contributed by atoms with Gasteiger partial charge in [0.1, 0.15) is 5.70 Å². The van der Waals surface area contributed by atoms with Gasteiger partial charge in [-0.15, -0.1) is 12.4 Å². The van der Waals surface area contributed by atoms with Gasteiger partial charge in [-0.2, -0.15) is 0 Å². The molecular formula is C20H22Cl2N2O. The quantitative estimate of drug-likeness (QED) is 0.705. The van der Waals surface area contributed by atoms with Gasteiger partial charge in [0.05, 0.1) is 11.6 Å². The van der Waals surface area contributed by atoms with Gasteiger partial charge in [-0.1, -0.05) is 25.1 Å². The number of aromatic nitrogens is 1. The van der Waals surface area contributed by atoms with Gasteiger partial charge in [0.25, 0.3) is 5.24 Å². The zero-order chi connectivity index (χ0) is 16.5. The Labute approximate surface area is 159 Å². The molecule has 25 heavy (non-hydrogen) atoms. The van der Waals surface area contributed by atoms with Crippen molar-refractivity contribution in [3.63, 3.8) is 0 Å². The number of halogens is 2. The number of allylic oxidation sites excluding steroid dienone is 1. The maximum absolute atomic E-state index is 12.3. The molecule has 0 amide bonds. The lowest BCUT2D eigenvalue weighted by molar-refractivity contribution is -0.107. The fourth-order valence-electron chi connectivity index (χ4n) is 5.42. The lowest BCUT2D eigenvalue weighted by atomic mass is 9.66. The largest absolute Gasteiger partial charge is 0.308 e. The molecule has 2 aromatic rings. The summed E-state index contributed by atoms with van der Waals surface area (Å²) in [6.07, 6.45) is 6.64. The molecule has 3 aliphatic rings. The lowest BCUT2D eigenvalue weighted by Crippen LogP contribution is -2.50. The van der Waals surface area contributed by atoms with E-state index in [1.165, 1.54) is 23.1 Å². The highest BCUT2D eigenvalue weighted by atomic mass is 35.5. The first kappa shape index (κ1) is 17.1. The minimum Gasteiger partial charge on any atom is -0.308 e. The average molecular weight is 377 g/mol.